The maximum absolute atomic E-state index is 13.0. The highest BCUT2D eigenvalue weighted by Gasteiger charge is 2.26. The lowest BCUT2D eigenvalue weighted by atomic mass is 10.1. The summed E-state index contributed by atoms with van der Waals surface area (Å²) in [5.74, 6) is 6.90. The second-order valence-corrected chi connectivity index (χ2v) is 7.76. The summed E-state index contributed by atoms with van der Waals surface area (Å²) in [6.45, 7) is 3.96. The summed E-state index contributed by atoms with van der Waals surface area (Å²) >= 11 is 0. The summed E-state index contributed by atoms with van der Waals surface area (Å²) in [7, 11) is 0. The van der Waals surface area contributed by atoms with Crippen molar-refractivity contribution in [2.24, 2.45) is 0 Å². The summed E-state index contributed by atoms with van der Waals surface area (Å²) in [6.07, 6.45) is 9.25. The van der Waals surface area contributed by atoms with Crippen LogP contribution in [0.25, 0.3) is 5.69 Å². The van der Waals surface area contributed by atoms with Crippen LogP contribution in [-0.4, -0.2) is 63.0 Å². The molecule has 1 saturated heterocycles. The second-order valence-electron chi connectivity index (χ2n) is 7.76. The Morgan fingerprint density at radius 1 is 1.24 bits per heavy atom. The smallest absolute Gasteiger partial charge is 0.255 e. The fourth-order valence-corrected chi connectivity index (χ4v) is 3.47. The van der Waals surface area contributed by atoms with Gasteiger partial charge in [-0.1, -0.05) is 25.2 Å². The summed E-state index contributed by atoms with van der Waals surface area (Å²) in [5, 5.41) is 4.11. The molecule has 0 N–H and O–H groups in total. The van der Waals surface area contributed by atoms with E-state index in [1.54, 1.807) is 28.3 Å². The normalized spacial score (nSPS) is 15.5. The van der Waals surface area contributed by atoms with E-state index >= 15 is 0 Å². The van der Waals surface area contributed by atoms with E-state index in [2.05, 4.69) is 33.8 Å². The number of rotatable bonds is 7. The Morgan fingerprint density at radius 3 is 2.91 bits per heavy atom. The highest BCUT2D eigenvalue weighted by Crippen LogP contribution is 2.17. The monoisotopic (exact) mass is 445 g/mol. The standard InChI is InChI=1S/C25H27N5O3/c1-2-3-4-5-6-20-13-21(15-26-14-20)25(31)29-11-12-32-24(16-29)17-33-23-9-7-22(8-10-23)30-19-27-18-28-30/h7-10,13-15,18-19,24H,2-4,11-12,16-17H2,1H3. The van der Waals surface area contributed by atoms with Crippen molar-refractivity contribution >= 4 is 5.91 Å². The van der Waals surface area contributed by atoms with Crippen LogP contribution >= 0.6 is 0 Å². The van der Waals surface area contributed by atoms with Crippen LogP contribution in [0.5, 0.6) is 5.75 Å². The molecule has 3 aromatic rings. The number of hydrogen-bond donors (Lipinski definition) is 0. The molecular weight excluding hydrogens is 418 g/mol. The molecular formula is C25H27N5O3. The van der Waals surface area contributed by atoms with Gasteiger partial charge in [0.1, 0.15) is 31.1 Å². The summed E-state index contributed by atoms with van der Waals surface area (Å²) in [4.78, 5) is 23.0. The van der Waals surface area contributed by atoms with Crippen LogP contribution in [-0.2, 0) is 4.74 Å². The molecule has 0 aliphatic carbocycles. The maximum atomic E-state index is 13.0. The van der Waals surface area contributed by atoms with Gasteiger partial charge in [0, 0.05) is 30.9 Å². The molecule has 1 fully saturated rings. The number of morpholine rings is 1. The first-order valence-corrected chi connectivity index (χ1v) is 11.2. The first-order valence-electron chi connectivity index (χ1n) is 11.2. The molecule has 0 spiro atoms. The van der Waals surface area contributed by atoms with Gasteiger partial charge in [0.05, 0.1) is 24.4 Å². The zero-order chi connectivity index (χ0) is 22.9. The number of benzene rings is 1. The number of nitrogens with zero attached hydrogens (tertiary/aromatic N) is 5. The van der Waals surface area contributed by atoms with E-state index < -0.39 is 0 Å². The van der Waals surface area contributed by atoms with Crippen molar-refractivity contribution in [1.82, 2.24) is 24.6 Å². The number of unbranched alkanes of at least 4 members (excludes halogenated alkanes) is 2. The Kier molecular flexibility index (Phi) is 7.67. The Morgan fingerprint density at radius 2 is 2.12 bits per heavy atom. The molecule has 8 heteroatoms. The average Bonchev–Trinajstić information content (AvgIpc) is 3.41. The van der Waals surface area contributed by atoms with E-state index in [4.69, 9.17) is 9.47 Å². The molecule has 1 aliphatic rings. The molecule has 170 valence electrons. The molecule has 1 unspecified atom stereocenters. The number of aromatic nitrogens is 4. The van der Waals surface area contributed by atoms with E-state index in [1.165, 1.54) is 6.33 Å². The van der Waals surface area contributed by atoms with Crippen molar-refractivity contribution < 1.29 is 14.3 Å². The van der Waals surface area contributed by atoms with Crippen molar-refractivity contribution in [2.45, 2.75) is 32.3 Å². The van der Waals surface area contributed by atoms with E-state index in [-0.39, 0.29) is 12.0 Å². The lowest BCUT2D eigenvalue weighted by Crippen LogP contribution is -2.47. The quantitative estimate of drug-likeness (QED) is 0.411. The summed E-state index contributed by atoms with van der Waals surface area (Å²) in [5.41, 5.74) is 2.21. The van der Waals surface area contributed by atoms with Crippen molar-refractivity contribution in [2.75, 3.05) is 26.3 Å². The Balaban J connectivity index is 1.31. The molecule has 0 saturated carbocycles. The van der Waals surface area contributed by atoms with E-state index in [9.17, 15) is 4.79 Å². The van der Waals surface area contributed by atoms with E-state index in [1.807, 2.05) is 30.3 Å². The first kappa shape index (κ1) is 22.5. The zero-order valence-electron chi connectivity index (χ0n) is 18.7. The van der Waals surface area contributed by atoms with Crippen molar-refractivity contribution in [3.63, 3.8) is 0 Å². The molecule has 8 nitrogen and oxygen atoms in total. The minimum atomic E-state index is -0.206. The Bertz CT molecular complexity index is 1100. The van der Waals surface area contributed by atoms with Gasteiger partial charge in [0.15, 0.2) is 0 Å². The molecule has 3 heterocycles. The average molecular weight is 446 g/mol. The minimum Gasteiger partial charge on any atom is -0.491 e. The number of pyridine rings is 1. The van der Waals surface area contributed by atoms with Crippen LogP contribution in [0.4, 0.5) is 0 Å². The number of hydrogen-bond acceptors (Lipinski definition) is 6. The molecule has 1 amide bonds. The van der Waals surface area contributed by atoms with Crippen LogP contribution in [0.3, 0.4) is 0 Å². The van der Waals surface area contributed by atoms with Crippen LogP contribution in [0.1, 0.15) is 42.1 Å². The van der Waals surface area contributed by atoms with Crippen LogP contribution in [0, 0.1) is 11.8 Å². The molecule has 1 atom stereocenters. The molecule has 1 aliphatic heterocycles. The van der Waals surface area contributed by atoms with Crippen molar-refractivity contribution in [3.05, 3.63) is 66.5 Å². The number of amides is 1. The van der Waals surface area contributed by atoms with Gasteiger partial charge in [-0.25, -0.2) is 9.67 Å². The zero-order valence-corrected chi connectivity index (χ0v) is 18.7. The summed E-state index contributed by atoms with van der Waals surface area (Å²) in [6, 6.07) is 9.38. The lowest BCUT2D eigenvalue weighted by Gasteiger charge is -2.32. The topological polar surface area (TPSA) is 82.4 Å². The van der Waals surface area contributed by atoms with E-state index in [0.717, 1.165) is 36.3 Å². The fraction of sp³-hybridized carbons (Fsp3) is 0.360. The second kappa shape index (κ2) is 11.2. The van der Waals surface area contributed by atoms with Gasteiger partial charge in [-0.15, -0.1) is 0 Å². The number of carbonyl (C=O) groups excluding carboxylic acids is 1. The molecule has 1 aromatic carbocycles. The Labute approximate surface area is 193 Å². The maximum Gasteiger partial charge on any atom is 0.255 e. The fourth-order valence-electron chi connectivity index (χ4n) is 3.47. The predicted molar refractivity (Wildman–Crippen MR) is 123 cm³/mol. The summed E-state index contributed by atoms with van der Waals surface area (Å²) < 4.78 is 13.4. The van der Waals surface area contributed by atoms with E-state index in [0.29, 0.717) is 31.9 Å². The van der Waals surface area contributed by atoms with Gasteiger partial charge in [-0.3, -0.25) is 9.78 Å². The highest BCUT2D eigenvalue weighted by atomic mass is 16.5. The van der Waals surface area contributed by atoms with Crippen molar-refractivity contribution in [3.8, 4) is 23.3 Å². The third-order valence-electron chi connectivity index (χ3n) is 5.26. The van der Waals surface area contributed by atoms with Gasteiger partial charge in [0.2, 0.25) is 0 Å². The van der Waals surface area contributed by atoms with Gasteiger partial charge in [-0.2, -0.15) is 5.10 Å². The third kappa shape index (κ3) is 6.18. The number of ether oxygens (including phenoxy) is 2. The van der Waals surface area contributed by atoms with Gasteiger partial charge >= 0.3 is 0 Å². The molecule has 0 bridgehead atoms. The Hall–Kier alpha value is -3.70. The molecule has 4 rings (SSSR count). The molecule has 33 heavy (non-hydrogen) atoms. The molecule has 2 aromatic heterocycles. The molecule has 0 radical (unpaired) electrons. The van der Waals surface area contributed by atoms with Gasteiger partial charge in [0.25, 0.3) is 5.91 Å². The van der Waals surface area contributed by atoms with Crippen LogP contribution in [0.15, 0.2) is 55.4 Å². The van der Waals surface area contributed by atoms with Gasteiger partial charge < -0.3 is 14.4 Å². The largest absolute Gasteiger partial charge is 0.491 e. The van der Waals surface area contributed by atoms with Gasteiger partial charge in [-0.05, 0) is 36.8 Å². The lowest BCUT2D eigenvalue weighted by molar-refractivity contribution is -0.0401. The van der Waals surface area contributed by atoms with Crippen molar-refractivity contribution in [1.29, 1.82) is 0 Å². The number of carbonyl (C=O) groups is 1. The predicted octanol–water partition coefficient (Wildman–Crippen LogP) is 3.12. The van der Waals surface area contributed by atoms with Crippen LogP contribution in [0.2, 0.25) is 0 Å². The SMILES string of the molecule is CCCCC#Cc1cncc(C(=O)N2CCOC(COc3ccc(-n4cncn4)cc3)C2)c1. The van der Waals surface area contributed by atoms with Crippen LogP contribution < -0.4 is 4.74 Å². The third-order valence-corrected chi connectivity index (χ3v) is 5.26. The highest BCUT2D eigenvalue weighted by molar-refractivity contribution is 5.94. The first-order chi connectivity index (χ1) is 16.2. The minimum absolute atomic E-state index is 0.0646.